The Kier molecular flexibility index (Phi) is 3.00. The number of carbonyl (C=O) groups excluding carboxylic acids is 1. The summed E-state index contributed by atoms with van der Waals surface area (Å²) in [6.45, 7) is 3.34. The van der Waals surface area contributed by atoms with Crippen molar-refractivity contribution in [3.8, 4) is 0 Å². The maximum absolute atomic E-state index is 12.0. The molecule has 1 saturated heterocycles. The second-order valence-electron chi connectivity index (χ2n) is 3.90. The van der Waals surface area contributed by atoms with Crippen LogP contribution in [0.1, 0.15) is 29.0 Å². The smallest absolute Gasteiger partial charge is 0.289 e. The SMILES string of the molecule is Cc1ccoc1C(=O)N1CCC(Cl)CC1. The molecule has 2 rings (SSSR count). The number of hydrogen-bond donors (Lipinski definition) is 0. The minimum absolute atomic E-state index is 0.0129. The lowest BCUT2D eigenvalue weighted by Crippen LogP contribution is -2.38. The summed E-state index contributed by atoms with van der Waals surface area (Å²) >= 11 is 5.98. The molecule has 0 aromatic carbocycles. The van der Waals surface area contributed by atoms with Crippen LogP contribution in [0.5, 0.6) is 0 Å². The van der Waals surface area contributed by atoms with Crippen molar-refractivity contribution in [3.63, 3.8) is 0 Å². The van der Waals surface area contributed by atoms with E-state index in [4.69, 9.17) is 16.0 Å². The van der Waals surface area contributed by atoms with Crippen LogP contribution in [0.25, 0.3) is 0 Å². The summed E-state index contributed by atoms with van der Waals surface area (Å²) in [5.41, 5.74) is 0.896. The second-order valence-corrected chi connectivity index (χ2v) is 4.52. The molecule has 4 heteroatoms. The third-order valence-corrected chi connectivity index (χ3v) is 3.20. The van der Waals surface area contributed by atoms with Crippen molar-refractivity contribution < 1.29 is 9.21 Å². The van der Waals surface area contributed by atoms with E-state index in [0.29, 0.717) is 5.76 Å². The number of likely N-dealkylation sites (tertiary alicyclic amines) is 1. The molecule has 1 aromatic heterocycles. The Labute approximate surface area is 94.0 Å². The summed E-state index contributed by atoms with van der Waals surface area (Å²) in [7, 11) is 0. The van der Waals surface area contributed by atoms with Crippen LogP contribution < -0.4 is 0 Å². The van der Waals surface area contributed by atoms with Crippen LogP contribution in [0.3, 0.4) is 0 Å². The summed E-state index contributed by atoms with van der Waals surface area (Å²) in [4.78, 5) is 13.8. The lowest BCUT2D eigenvalue weighted by atomic mass is 10.1. The number of nitrogens with zero attached hydrogens (tertiary/aromatic N) is 1. The number of piperidine rings is 1. The molecule has 2 heterocycles. The number of carbonyl (C=O) groups is 1. The standard InChI is InChI=1S/C11H14ClNO2/c1-8-4-7-15-10(8)11(14)13-5-2-9(12)3-6-13/h4,7,9H,2-3,5-6H2,1H3. The molecule has 0 spiro atoms. The van der Waals surface area contributed by atoms with E-state index in [-0.39, 0.29) is 11.3 Å². The van der Waals surface area contributed by atoms with Crippen LogP contribution >= 0.6 is 11.6 Å². The predicted octanol–water partition coefficient (Wildman–Crippen LogP) is 2.43. The highest BCUT2D eigenvalue weighted by molar-refractivity contribution is 6.20. The van der Waals surface area contributed by atoms with E-state index in [1.165, 1.54) is 0 Å². The first-order valence-electron chi connectivity index (χ1n) is 5.16. The molecule has 1 amide bonds. The molecule has 0 N–H and O–H groups in total. The third kappa shape index (κ3) is 2.17. The van der Waals surface area contributed by atoms with Crippen LogP contribution in [0, 0.1) is 6.92 Å². The van der Waals surface area contributed by atoms with Gasteiger partial charge in [0.05, 0.1) is 6.26 Å². The van der Waals surface area contributed by atoms with Gasteiger partial charge in [0.15, 0.2) is 5.76 Å². The van der Waals surface area contributed by atoms with E-state index in [1.807, 2.05) is 17.9 Å². The van der Waals surface area contributed by atoms with Gasteiger partial charge in [0, 0.05) is 24.0 Å². The zero-order valence-corrected chi connectivity index (χ0v) is 9.46. The molecule has 0 atom stereocenters. The molecule has 1 aliphatic heterocycles. The van der Waals surface area contributed by atoms with E-state index < -0.39 is 0 Å². The van der Waals surface area contributed by atoms with Crippen LogP contribution in [-0.4, -0.2) is 29.3 Å². The number of amides is 1. The second kappa shape index (κ2) is 4.27. The number of hydrogen-bond acceptors (Lipinski definition) is 2. The van der Waals surface area contributed by atoms with Gasteiger partial charge >= 0.3 is 0 Å². The normalized spacial score (nSPS) is 18.1. The van der Waals surface area contributed by atoms with Gasteiger partial charge in [-0.3, -0.25) is 4.79 Å². The van der Waals surface area contributed by atoms with Crippen LogP contribution in [0.2, 0.25) is 0 Å². The fourth-order valence-electron chi connectivity index (χ4n) is 1.79. The van der Waals surface area contributed by atoms with Crippen molar-refractivity contribution in [2.24, 2.45) is 0 Å². The Morgan fingerprint density at radius 1 is 1.53 bits per heavy atom. The number of aryl methyl sites for hydroxylation is 1. The summed E-state index contributed by atoms with van der Waals surface area (Å²) in [5.74, 6) is 0.448. The Hall–Kier alpha value is -0.960. The fourth-order valence-corrected chi connectivity index (χ4v) is 1.98. The van der Waals surface area contributed by atoms with E-state index in [9.17, 15) is 4.79 Å². The van der Waals surface area contributed by atoms with Gasteiger partial charge in [-0.25, -0.2) is 0 Å². The number of furan rings is 1. The first-order valence-corrected chi connectivity index (χ1v) is 5.59. The van der Waals surface area contributed by atoms with E-state index >= 15 is 0 Å². The molecule has 0 unspecified atom stereocenters. The van der Waals surface area contributed by atoms with Crippen molar-refractivity contribution in [1.82, 2.24) is 4.90 Å². The minimum atomic E-state index is -0.0129. The maximum Gasteiger partial charge on any atom is 0.289 e. The quantitative estimate of drug-likeness (QED) is 0.691. The maximum atomic E-state index is 12.0. The van der Waals surface area contributed by atoms with Crippen molar-refractivity contribution >= 4 is 17.5 Å². The van der Waals surface area contributed by atoms with Gasteiger partial charge < -0.3 is 9.32 Å². The third-order valence-electron chi connectivity index (χ3n) is 2.77. The Morgan fingerprint density at radius 3 is 2.73 bits per heavy atom. The zero-order valence-electron chi connectivity index (χ0n) is 8.70. The van der Waals surface area contributed by atoms with Crippen molar-refractivity contribution in [3.05, 3.63) is 23.7 Å². The molecule has 1 fully saturated rings. The highest BCUT2D eigenvalue weighted by atomic mass is 35.5. The minimum Gasteiger partial charge on any atom is -0.459 e. The molecule has 3 nitrogen and oxygen atoms in total. The van der Waals surface area contributed by atoms with E-state index in [2.05, 4.69) is 0 Å². The van der Waals surface area contributed by atoms with Gasteiger partial charge in [0.25, 0.3) is 5.91 Å². The highest BCUT2D eigenvalue weighted by Gasteiger charge is 2.24. The van der Waals surface area contributed by atoms with Gasteiger partial charge in [0.1, 0.15) is 0 Å². The number of alkyl halides is 1. The Balaban J connectivity index is 2.06. The van der Waals surface area contributed by atoms with Gasteiger partial charge in [-0.05, 0) is 25.8 Å². The van der Waals surface area contributed by atoms with Crippen molar-refractivity contribution in [2.45, 2.75) is 25.1 Å². The molecule has 1 aromatic rings. The van der Waals surface area contributed by atoms with E-state index in [0.717, 1.165) is 31.5 Å². The fraction of sp³-hybridized carbons (Fsp3) is 0.545. The van der Waals surface area contributed by atoms with Gasteiger partial charge in [-0.2, -0.15) is 0 Å². The average Bonchev–Trinajstić information content (AvgIpc) is 2.65. The van der Waals surface area contributed by atoms with Gasteiger partial charge in [0.2, 0.25) is 0 Å². The number of rotatable bonds is 1. The molecular weight excluding hydrogens is 214 g/mol. The summed E-state index contributed by atoms with van der Waals surface area (Å²) in [5, 5.41) is 0.215. The average molecular weight is 228 g/mol. The molecular formula is C11H14ClNO2. The monoisotopic (exact) mass is 227 g/mol. The van der Waals surface area contributed by atoms with Crippen molar-refractivity contribution in [2.75, 3.05) is 13.1 Å². The summed E-state index contributed by atoms with van der Waals surface area (Å²) in [6, 6.07) is 1.81. The lowest BCUT2D eigenvalue weighted by molar-refractivity contribution is 0.0693. The molecule has 0 saturated carbocycles. The number of halogens is 1. The zero-order chi connectivity index (χ0) is 10.8. The van der Waals surface area contributed by atoms with Crippen molar-refractivity contribution in [1.29, 1.82) is 0 Å². The topological polar surface area (TPSA) is 33.5 Å². The highest BCUT2D eigenvalue weighted by Crippen LogP contribution is 2.19. The molecule has 82 valence electrons. The summed E-state index contributed by atoms with van der Waals surface area (Å²) < 4.78 is 5.18. The Bertz CT molecular complexity index is 353. The van der Waals surface area contributed by atoms with Crippen LogP contribution in [0.4, 0.5) is 0 Å². The summed E-state index contributed by atoms with van der Waals surface area (Å²) in [6.07, 6.45) is 3.29. The molecule has 0 bridgehead atoms. The first-order chi connectivity index (χ1) is 7.18. The van der Waals surface area contributed by atoms with Crippen LogP contribution in [0.15, 0.2) is 16.7 Å². The van der Waals surface area contributed by atoms with Crippen LogP contribution in [-0.2, 0) is 0 Å². The van der Waals surface area contributed by atoms with E-state index in [1.54, 1.807) is 6.26 Å². The lowest BCUT2D eigenvalue weighted by Gasteiger charge is -2.28. The first kappa shape index (κ1) is 10.6. The van der Waals surface area contributed by atoms with Gasteiger partial charge in [-0.15, -0.1) is 11.6 Å². The largest absolute Gasteiger partial charge is 0.459 e. The molecule has 0 aliphatic carbocycles. The Morgan fingerprint density at radius 2 is 2.20 bits per heavy atom. The molecule has 15 heavy (non-hydrogen) atoms. The van der Waals surface area contributed by atoms with Gasteiger partial charge in [-0.1, -0.05) is 0 Å². The molecule has 0 radical (unpaired) electrons. The molecule has 1 aliphatic rings. The predicted molar refractivity (Wildman–Crippen MR) is 58.2 cm³/mol.